The van der Waals surface area contributed by atoms with Crippen molar-refractivity contribution in [1.82, 2.24) is 14.9 Å². The molecule has 1 saturated heterocycles. The number of rotatable bonds is 4. The fraction of sp³-hybridized carbons (Fsp3) is 0.522. The van der Waals surface area contributed by atoms with Gasteiger partial charge in [0, 0.05) is 36.3 Å². The second kappa shape index (κ2) is 7.22. The summed E-state index contributed by atoms with van der Waals surface area (Å²) in [5, 5.41) is 3.68. The monoisotopic (exact) mass is 410 g/mol. The van der Waals surface area contributed by atoms with Crippen LogP contribution in [-0.4, -0.2) is 46.5 Å². The van der Waals surface area contributed by atoms with E-state index in [9.17, 15) is 9.18 Å². The van der Waals surface area contributed by atoms with Crippen molar-refractivity contribution in [3.05, 3.63) is 47.0 Å². The number of amides is 1. The number of carbonyl (C=O) groups is 1. The molecule has 2 aromatic rings. The lowest BCUT2D eigenvalue weighted by Gasteiger charge is -2.36. The number of nitrogens with zero attached hydrogens (tertiary/aromatic N) is 3. The minimum Gasteiger partial charge on any atom is -0.481 e. The molecule has 1 saturated carbocycles. The van der Waals surface area contributed by atoms with E-state index in [2.05, 4.69) is 22.4 Å². The maximum Gasteiger partial charge on any atom is 0.230 e. The molecule has 2 atom stereocenters. The van der Waals surface area contributed by atoms with Crippen LogP contribution >= 0.6 is 0 Å². The van der Waals surface area contributed by atoms with Gasteiger partial charge in [0.05, 0.1) is 24.8 Å². The first-order valence-electron chi connectivity index (χ1n) is 10.7. The molecule has 30 heavy (non-hydrogen) atoms. The molecule has 3 aliphatic rings. The highest BCUT2D eigenvalue weighted by Gasteiger charge is 2.43. The number of aryl methyl sites for hydroxylation is 1. The molecule has 2 aliphatic heterocycles. The van der Waals surface area contributed by atoms with Gasteiger partial charge in [0.2, 0.25) is 11.8 Å². The summed E-state index contributed by atoms with van der Waals surface area (Å²) in [6.07, 6.45) is 6.39. The number of carbonyl (C=O) groups excluding carboxylic acids is 1. The number of halogens is 1. The highest BCUT2D eigenvalue weighted by molar-refractivity contribution is 5.84. The molecule has 1 N–H and O–H groups in total. The van der Waals surface area contributed by atoms with Crippen LogP contribution in [-0.2, 0) is 11.2 Å². The van der Waals surface area contributed by atoms with Gasteiger partial charge in [-0.15, -0.1) is 0 Å². The Balaban J connectivity index is 1.32. The van der Waals surface area contributed by atoms with Gasteiger partial charge in [-0.2, -0.15) is 0 Å². The van der Waals surface area contributed by atoms with Crippen LogP contribution in [0, 0.1) is 5.82 Å². The van der Waals surface area contributed by atoms with Gasteiger partial charge >= 0.3 is 0 Å². The lowest BCUT2D eigenvalue weighted by Crippen LogP contribution is -2.46. The summed E-state index contributed by atoms with van der Waals surface area (Å²) in [5.74, 6) is 0.778. The minimum atomic E-state index is -0.590. The molecule has 7 heteroatoms. The number of ether oxygens (including phenoxy) is 1. The number of fused-ring (bicyclic) bond motifs is 1. The van der Waals surface area contributed by atoms with Gasteiger partial charge in [-0.25, -0.2) is 14.4 Å². The van der Waals surface area contributed by atoms with Gasteiger partial charge in [0.15, 0.2) is 0 Å². The molecule has 1 unspecified atom stereocenters. The Morgan fingerprint density at radius 1 is 1.37 bits per heavy atom. The summed E-state index contributed by atoms with van der Waals surface area (Å²) in [7, 11) is 1.48. The molecule has 4 heterocycles. The average molecular weight is 410 g/mol. The third-order valence-electron chi connectivity index (χ3n) is 6.82. The van der Waals surface area contributed by atoms with Crippen LogP contribution in [0.2, 0.25) is 0 Å². The largest absolute Gasteiger partial charge is 0.481 e. The smallest absolute Gasteiger partial charge is 0.230 e. The molecule has 1 aliphatic carbocycles. The molecule has 1 spiro atoms. The Morgan fingerprint density at radius 3 is 2.97 bits per heavy atom. The summed E-state index contributed by atoms with van der Waals surface area (Å²) in [4.78, 5) is 23.8. The normalized spacial score (nSPS) is 23.8. The van der Waals surface area contributed by atoms with Crippen LogP contribution in [0.25, 0.3) is 0 Å². The van der Waals surface area contributed by atoms with Crippen molar-refractivity contribution in [2.75, 3.05) is 25.5 Å². The summed E-state index contributed by atoms with van der Waals surface area (Å²) in [6.45, 7) is 3.03. The first-order valence-corrected chi connectivity index (χ1v) is 10.7. The van der Waals surface area contributed by atoms with E-state index in [0.29, 0.717) is 30.5 Å². The zero-order valence-electron chi connectivity index (χ0n) is 17.4. The molecular formula is C23H27FN4O2. The van der Waals surface area contributed by atoms with E-state index in [1.54, 1.807) is 6.92 Å². The van der Waals surface area contributed by atoms with Crippen molar-refractivity contribution in [1.29, 1.82) is 0 Å². The predicted octanol–water partition coefficient (Wildman–Crippen LogP) is 3.63. The van der Waals surface area contributed by atoms with Crippen LogP contribution in [0.5, 0.6) is 5.88 Å². The lowest BCUT2D eigenvalue weighted by molar-refractivity contribution is -0.131. The van der Waals surface area contributed by atoms with Crippen molar-refractivity contribution < 1.29 is 13.9 Å². The van der Waals surface area contributed by atoms with Crippen LogP contribution in [0.1, 0.15) is 61.3 Å². The molecule has 0 aromatic carbocycles. The van der Waals surface area contributed by atoms with Gasteiger partial charge in [-0.05, 0) is 50.7 Å². The lowest BCUT2D eigenvalue weighted by atomic mass is 9.86. The molecule has 1 amide bonds. The standard InChI is InChI=1S/C23H27FN4O2/c1-14(17-11-20(30-2)25-12-18(17)24)22(29)28-10-9-23(13-28)8-7-16-5-6-19(15-3-4-15)26-21(16)27-23/h5-6,11-12,14-15H,3-4,7-10,13H2,1-2H3,(H,26,27)/t14-,23?/m1/s1. The molecule has 6 nitrogen and oxygen atoms in total. The highest BCUT2D eigenvalue weighted by Crippen LogP contribution is 2.42. The molecule has 0 bridgehead atoms. The van der Waals surface area contributed by atoms with Crippen molar-refractivity contribution in [2.24, 2.45) is 0 Å². The quantitative estimate of drug-likeness (QED) is 0.834. The topological polar surface area (TPSA) is 67.3 Å². The fourth-order valence-corrected chi connectivity index (χ4v) is 4.76. The molecule has 158 valence electrons. The minimum absolute atomic E-state index is 0.0636. The maximum atomic E-state index is 14.3. The van der Waals surface area contributed by atoms with Gasteiger partial charge < -0.3 is 15.0 Å². The number of hydrogen-bond acceptors (Lipinski definition) is 5. The van der Waals surface area contributed by atoms with Crippen LogP contribution < -0.4 is 10.1 Å². The van der Waals surface area contributed by atoms with E-state index in [4.69, 9.17) is 9.72 Å². The van der Waals surface area contributed by atoms with Crippen LogP contribution in [0.3, 0.4) is 0 Å². The molecule has 5 rings (SSSR count). The average Bonchev–Trinajstić information content (AvgIpc) is 3.54. The Morgan fingerprint density at radius 2 is 2.20 bits per heavy atom. The molecule has 2 fully saturated rings. The summed E-state index contributed by atoms with van der Waals surface area (Å²) in [6, 6.07) is 5.89. The predicted molar refractivity (Wildman–Crippen MR) is 111 cm³/mol. The SMILES string of the molecule is COc1cc([C@@H](C)C(=O)N2CCC3(CCc4ccc(C5CC5)nc4N3)C2)c(F)cn1. The van der Waals surface area contributed by atoms with Crippen LogP contribution in [0.15, 0.2) is 24.4 Å². The van der Waals surface area contributed by atoms with E-state index >= 15 is 0 Å². The number of pyridine rings is 2. The third kappa shape index (κ3) is 3.40. The van der Waals surface area contributed by atoms with E-state index in [-0.39, 0.29) is 11.4 Å². The van der Waals surface area contributed by atoms with Gasteiger partial charge in [0.1, 0.15) is 11.6 Å². The van der Waals surface area contributed by atoms with E-state index < -0.39 is 11.7 Å². The Bertz CT molecular complexity index is 993. The number of aromatic nitrogens is 2. The van der Waals surface area contributed by atoms with Gasteiger partial charge in [0.25, 0.3) is 0 Å². The van der Waals surface area contributed by atoms with Crippen molar-refractivity contribution >= 4 is 11.7 Å². The highest BCUT2D eigenvalue weighted by atomic mass is 19.1. The zero-order valence-corrected chi connectivity index (χ0v) is 17.4. The fourth-order valence-electron chi connectivity index (χ4n) is 4.76. The zero-order chi connectivity index (χ0) is 20.9. The van der Waals surface area contributed by atoms with Gasteiger partial charge in [-0.3, -0.25) is 4.79 Å². The van der Waals surface area contributed by atoms with E-state index in [1.165, 1.54) is 37.3 Å². The maximum absolute atomic E-state index is 14.3. The van der Waals surface area contributed by atoms with Crippen molar-refractivity contribution in [3.63, 3.8) is 0 Å². The number of hydrogen-bond donors (Lipinski definition) is 1. The Labute approximate surface area is 175 Å². The summed E-state index contributed by atoms with van der Waals surface area (Å²) < 4.78 is 19.4. The van der Waals surface area contributed by atoms with E-state index in [0.717, 1.165) is 31.3 Å². The molecular weight excluding hydrogens is 383 g/mol. The molecule has 0 radical (unpaired) electrons. The second-order valence-electron chi connectivity index (χ2n) is 8.90. The Kier molecular flexibility index (Phi) is 4.64. The first kappa shape index (κ1) is 19.3. The first-order chi connectivity index (χ1) is 14.5. The van der Waals surface area contributed by atoms with Crippen molar-refractivity contribution in [3.8, 4) is 5.88 Å². The Hall–Kier alpha value is -2.70. The third-order valence-corrected chi connectivity index (χ3v) is 6.82. The number of nitrogens with one attached hydrogen (secondary N) is 1. The number of methoxy groups -OCH3 is 1. The summed E-state index contributed by atoms with van der Waals surface area (Å²) >= 11 is 0. The number of anilines is 1. The second-order valence-corrected chi connectivity index (χ2v) is 8.90. The number of likely N-dealkylation sites (tertiary alicyclic amines) is 1. The van der Waals surface area contributed by atoms with Gasteiger partial charge in [-0.1, -0.05) is 6.07 Å². The summed E-state index contributed by atoms with van der Waals surface area (Å²) in [5.41, 5.74) is 2.62. The van der Waals surface area contributed by atoms with Crippen molar-refractivity contribution in [2.45, 2.75) is 56.4 Å². The molecule has 2 aromatic heterocycles. The van der Waals surface area contributed by atoms with E-state index in [1.807, 2.05) is 4.90 Å². The van der Waals surface area contributed by atoms with Crippen LogP contribution in [0.4, 0.5) is 10.2 Å².